The number of unbranched alkanes of at least 4 members (excludes halogenated alkanes) is 1. The number of carbonyl (C=O) groups is 5. The van der Waals surface area contributed by atoms with Crippen molar-refractivity contribution in [3.8, 4) is 11.5 Å². The number of hydrogen-bond acceptors (Lipinski definition) is 7. The van der Waals surface area contributed by atoms with Crippen molar-refractivity contribution in [2.75, 3.05) is 34.3 Å². The van der Waals surface area contributed by atoms with E-state index in [9.17, 15) is 29.1 Å². The maximum Gasteiger partial charge on any atom is 0.251 e. The minimum absolute atomic E-state index is 0.0748. The molecule has 5 amide bonds. The Kier molecular flexibility index (Phi) is 14.6. The number of benzene rings is 2. The van der Waals surface area contributed by atoms with Crippen LogP contribution in [0, 0.1) is 11.8 Å². The fraction of sp³-hybridized carbons (Fsp3) is 0.528. The molecule has 0 aromatic heterocycles. The molecular weight excluding hydrogens is 628 g/mol. The molecule has 1 aliphatic rings. The van der Waals surface area contributed by atoms with Crippen molar-refractivity contribution in [2.45, 2.75) is 76.5 Å². The van der Waals surface area contributed by atoms with Crippen molar-refractivity contribution in [1.29, 1.82) is 0 Å². The van der Waals surface area contributed by atoms with Crippen molar-refractivity contribution >= 4 is 29.5 Å². The quantitative estimate of drug-likeness (QED) is 0.0908. The third kappa shape index (κ3) is 12.8. The Hall–Kier alpha value is -4.49. The highest BCUT2D eigenvalue weighted by Crippen LogP contribution is 2.33. The van der Waals surface area contributed by atoms with Gasteiger partial charge in [0.05, 0.1) is 34.3 Å². The predicted octanol–water partition coefficient (Wildman–Crippen LogP) is 1.84. The first-order valence-electron chi connectivity index (χ1n) is 17.0. The summed E-state index contributed by atoms with van der Waals surface area (Å²) in [7, 11) is 6.16. The molecule has 2 aromatic rings. The maximum atomic E-state index is 13.7. The summed E-state index contributed by atoms with van der Waals surface area (Å²) in [5, 5.41) is 20.4. The summed E-state index contributed by atoms with van der Waals surface area (Å²) >= 11 is 0. The second-order valence-corrected chi connectivity index (χ2v) is 13.8. The second kappa shape index (κ2) is 18.3. The molecule has 7 N–H and O–H groups in total. The zero-order chi connectivity index (χ0) is 36.1. The normalized spacial score (nSPS) is 15.9. The molecule has 0 spiro atoms. The van der Waals surface area contributed by atoms with Gasteiger partial charge < -0.3 is 41.3 Å². The molecule has 0 heterocycles. The van der Waals surface area contributed by atoms with Gasteiger partial charge in [0.25, 0.3) is 5.91 Å². The molecule has 0 bridgehead atoms. The van der Waals surface area contributed by atoms with Gasteiger partial charge in [0.1, 0.15) is 35.7 Å². The Morgan fingerprint density at radius 1 is 0.837 bits per heavy atom. The van der Waals surface area contributed by atoms with Crippen LogP contribution in [0.2, 0.25) is 0 Å². The molecule has 1 saturated carbocycles. The molecule has 49 heavy (non-hydrogen) atoms. The van der Waals surface area contributed by atoms with Gasteiger partial charge in [0.2, 0.25) is 23.6 Å². The van der Waals surface area contributed by atoms with E-state index in [1.807, 2.05) is 44.2 Å². The summed E-state index contributed by atoms with van der Waals surface area (Å²) in [4.78, 5) is 65.6. The van der Waals surface area contributed by atoms with Gasteiger partial charge >= 0.3 is 0 Å². The molecule has 0 aliphatic heterocycles. The monoisotopic (exact) mass is 681 g/mol. The van der Waals surface area contributed by atoms with Crippen LogP contribution in [0.1, 0.15) is 62.7 Å². The van der Waals surface area contributed by atoms with Gasteiger partial charge in [-0.05, 0) is 80.3 Å². The van der Waals surface area contributed by atoms with Crippen molar-refractivity contribution in [2.24, 2.45) is 17.6 Å². The highest BCUT2D eigenvalue weighted by molar-refractivity contribution is 5.99. The number of amides is 5. The number of ether oxygens (including phenoxy) is 1. The molecular formula is C36H53N6O7+. The van der Waals surface area contributed by atoms with E-state index in [-0.39, 0.29) is 18.3 Å². The maximum absolute atomic E-state index is 13.7. The Balaban J connectivity index is 1.70. The van der Waals surface area contributed by atoms with Crippen LogP contribution in [0.3, 0.4) is 0 Å². The highest BCUT2D eigenvalue weighted by Gasteiger charge is 2.40. The molecule has 1 fully saturated rings. The summed E-state index contributed by atoms with van der Waals surface area (Å²) in [5.74, 6) is -2.21. The van der Waals surface area contributed by atoms with E-state index in [2.05, 4.69) is 42.4 Å². The first kappa shape index (κ1) is 39.0. The molecule has 13 nitrogen and oxygen atoms in total. The van der Waals surface area contributed by atoms with E-state index in [1.165, 1.54) is 0 Å². The lowest BCUT2D eigenvalue weighted by Gasteiger charge is -2.29. The van der Waals surface area contributed by atoms with Crippen LogP contribution in [0.25, 0.3) is 0 Å². The SMILES string of the molecule is CC[C@H](C)C(NC(=O)[C@@H](NC(=O)c1ccc(Oc2ccccc2)cc1)C1CC1)C(=O)N[C@@H](CCCC[N+](C)(C)C)C(=O)N[C@@H](CO)C(N)=O. The molecule has 3 rings (SSSR count). The lowest BCUT2D eigenvalue weighted by Crippen LogP contribution is -2.60. The smallest absolute Gasteiger partial charge is 0.251 e. The number of para-hydroxylation sites is 1. The number of aliphatic hydroxyl groups excluding tert-OH is 1. The Morgan fingerprint density at radius 2 is 1.45 bits per heavy atom. The third-order valence-corrected chi connectivity index (χ3v) is 8.60. The van der Waals surface area contributed by atoms with Gasteiger partial charge in [-0.3, -0.25) is 24.0 Å². The number of quaternary nitrogens is 1. The van der Waals surface area contributed by atoms with Crippen LogP contribution in [0.15, 0.2) is 54.6 Å². The van der Waals surface area contributed by atoms with Gasteiger partial charge in [0, 0.05) is 5.56 Å². The van der Waals surface area contributed by atoms with E-state index < -0.39 is 60.3 Å². The van der Waals surface area contributed by atoms with Crippen LogP contribution in [-0.2, 0) is 19.2 Å². The van der Waals surface area contributed by atoms with E-state index in [0.717, 1.165) is 30.3 Å². The van der Waals surface area contributed by atoms with Crippen LogP contribution in [0.4, 0.5) is 0 Å². The van der Waals surface area contributed by atoms with Gasteiger partial charge in [-0.2, -0.15) is 0 Å². The van der Waals surface area contributed by atoms with Gasteiger partial charge in [0.15, 0.2) is 0 Å². The molecule has 5 atom stereocenters. The van der Waals surface area contributed by atoms with Crippen LogP contribution in [-0.4, -0.2) is 97.6 Å². The second-order valence-electron chi connectivity index (χ2n) is 13.8. The predicted molar refractivity (Wildman–Crippen MR) is 185 cm³/mol. The molecule has 268 valence electrons. The summed E-state index contributed by atoms with van der Waals surface area (Å²) < 4.78 is 6.53. The summed E-state index contributed by atoms with van der Waals surface area (Å²) in [6.45, 7) is 3.86. The van der Waals surface area contributed by atoms with Crippen molar-refractivity contribution in [3.63, 3.8) is 0 Å². The van der Waals surface area contributed by atoms with Crippen LogP contribution in [0.5, 0.6) is 11.5 Å². The number of nitrogens with one attached hydrogen (secondary N) is 4. The zero-order valence-corrected chi connectivity index (χ0v) is 29.2. The number of carbonyl (C=O) groups excluding carboxylic acids is 5. The van der Waals surface area contributed by atoms with E-state index in [4.69, 9.17) is 10.5 Å². The number of hydrogen-bond donors (Lipinski definition) is 6. The number of nitrogens with two attached hydrogens (primary N) is 1. The number of aliphatic hydroxyl groups is 1. The molecule has 0 radical (unpaired) electrons. The van der Waals surface area contributed by atoms with Crippen LogP contribution < -0.4 is 31.7 Å². The van der Waals surface area contributed by atoms with Crippen LogP contribution >= 0.6 is 0 Å². The average molecular weight is 682 g/mol. The lowest BCUT2D eigenvalue weighted by molar-refractivity contribution is -0.870. The van der Waals surface area contributed by atoms with E-state index in [0.29, 0.717) is 29.9 Å². The van der Waals surface area contributed by atoms with Gasteiger partial charge in [-0.25, -0.2) is 0 Å². The summed E-state index contributed by atoms with van der Waals surface area (Å²) in [6.07, 6.45) is 3.70. The Morgan fingerprint density at radius 3 is 2.00 bits per heavy atom. The highest BCUT2D eigenvalue weighted by atomic mass is 16.5. The number of primary amides is 1. The van der Waals surface area contributed by atoms with E-state index >= 15 is 0 Å². The molecule has 0 saturated heterocycles. The standard InChI is InChI=1S/C36H52N6O7/c1-6-23(2)30(35(47)38-28(14-10-11-21-42(3,4)5)34(46)39-29(22-43)32(37)44)40-36(48)31(24-15-16-24)41-33(45)25-17-19-27(20-18-25)49-26-12-8-7-9-13-26/h7-9,12-13,17-20,23-24,28-31,43H,6,10-11,14-16,21-22H2,1-5H3,(H5-,37,38,39,40,41,44,45,46,47,48)/p+1/t23-,28-,29-,30?,31-/m0/s1. The lowest BCUT2D eigenvalue weighted by atomic mass is 9.96. The van der Waals surface area contributed by atoms with E-state index in [1.54, 1.807) is 24.3 Å². The number of nitrogens with zero attached hydrogens (tertiary/aromatic N) is 1. The summed E-state index contributed by atoms with van der Waals surface area (Å²) in [6, 6.07) is 11.7. The van der Waals surface area contributed by atoms with Crippen molar-refractivity contribution in [3.05, 3.63) is 60.2 Å². The first-order valence-corrected chi connectivity index (χ1v) is 17.0. The van der Waals surface area contributed by atoms with Crippen molar-refractivity contribution < 1.29 is 38.3 Å². The van der Waals surface area contributed by atoms with Gasteiger partial charge in [-0.15, -0.1) is 0 Å². The molecule has 13 heteroatoms. The van der Waals surface area contributed by atoms with Gasteiger partial charge in [-0.1, -0.05) is 38.5 Å². The largest absolute Gasteiger partial charge is 0.457 e. The fourth-order valence-corrected chi connectivity index (χ4v) is 5.24. The molecule has 1 unspecified atom stereocenters. The average Bonchev–Trinajstić information content (AvgIpc) is 3.91. The molecule has 1 aliphatic carbocycles. The third-order valence-electron chi connectivity index (χ3n) is 8.60. The van der Waals surface area contributed by atoms with Crippen molar-refractivity contribution in [1.82, 2.24) is 21.3 Å². The first-order chi connectivity index (χ1) is 23.2. The topological polar surface area (TPSA) is 189 Å². The number of rotatable bonds is 20. The Labute approximate surface area is 288 Å². The summed E-state index contributed by atoms with van der Waals surface area (Å²) in [5.41, 5.74) is 5.66. The Bertz CT molecular complexity index is 1410. The minimum atomic E-state index is -1.31. The fourth-order valence-electron chi connectivity index (χ4n) is 5.24. The minimum Gasteiger partial charge on any atom is -0.457 e. The molecule has 2 aromatic carbocycles. The zero-order valence-electron chi connectivity index (χ0n) is 29.2.